The second-order valence-corrected chi connectivity index (χ2v) is 10.0. The van der Waals surface area contributed by atoms with Gasteiger partial charge in [-0.3, -0.25) is 0 Å². The van der Waals surface area contributed by atoms with Crippen molar-refractivity contribution in [3.63, 3.8) is 0 Å². The molecule has 0 unspecified atom stereocenters. The molecule has 0 amide bonds. The Bertz CT molecular complexity index is 401. The number of nitrogens with one attached hydrogen (secondary N) is 1. The molecule has 0 atom stereocenters. The number of thioether (sulfide) groups is 1. The van der Waals surface area contributed by atoms with E-state index in [4.69, 9.17) is 0 Å². The number of rotatable bonds is 4. The van der Waals surface area contributed by atoms with Gasteiger partial charge in [0.05, 0.1) is 0 Å². The van der Waals surface area contributed by atoms with Crippen LogP contribution >= 0.6 is 11.8 Å². The fourth-order valence-electron chi connectivity index (χ4n) is 1.26. The SMILES string of the molecule is CSc1nc(NC2CC2)nc([As]C(C)(C)C)n1. The van der Waals surface area contributed by atoms with Gasteiger partial charge in [0.15, 0.2) is 0 Å². The van der Waals surface area contributed by atoms with Crippen LogP contribution in [0.2, 0.25) is 4.20 Å². The Kier molecular flexibility index (Phi) is 3.98. The number of nitrogens with zero attached hydrogens (tertiary/aromatic N) is 3. The van der Waals surface area contributed by atoms with Gasteiger partial charge in [-0.05, 0) is 0 Å². The van der Waals surface area contributed by atoms with Gasteiger partial charge in [-0.2, -0.15) is 0 Å². The Morgan fingerprint density at radius 1 is 1.24 bits per heavy atom. The van der Waals surface area contributed by atoms with Crippen LogP contribution in [-0.4, -0.2) is 43.0 Å². The van der Waals surface area contributed by atoms with Crippen molar-refractivity contribution in [3.8, 4) is 0 Å². The molecule has 0 aliphatic heterocycles. The van der Waals surface area contributed by atoms with E-state index in [9.17, 15) is 0 Å². The third-order valence-corrected chi connectivity index (χ3v) is 4.93. The van der Waals surface area contributed by atoms with Crippen LogP contribution in [0.4, 0.5) is 5.95 Å². The van der Waals surface area contributed by atoms with E-state index in [0.29, 0.717) is 10.2 Å². The zero-order valence-electron chi connectivity index (χ0n) is 10.7. The molecular weight excluding hydrogens is 295 g/mol. The van der Waals surface area contributed by atoms with E-state index in [0.717, 1.165) is 15.7 Å². The molecule has 1 heterocycles. The first-order chi connectivity index (χ1) is 7.96. The van der Waals surface area contributed by atoms with Gasteiger partial charge >= 0.3 is 114 Å². The molecule has 93 valence electrons. The van der Waals surface area contributed by atoms with Crippen LogP contribution in [0, 0.1) is 0 Å². The maximum atomic E-state index is 4.54. The zero-order chi connectivity index (χ0) is 12.5. The fourth-order valence-corrected chi connectivity index (χ4v) is 3.63. The minimum atomic E-state index is -0.0214. The van der Waals surface area contributed by atoms with E-state index >= 15 is 0 Å². The van der Waals surface area contributed by atoms with Crippen LogP contribution in [0.1, 0.15) is 33.6 Å². The summed E-state index contributed by atoms with van der Waals surface area (Å²) in [5.74, 6) is 0.765. The van der Waals surface area contributed by atoms with Gasteiger partial charge in [-0.25, -0.2) is 0 Å². The Morgan fingerprint density at radius 2 is 1.94 bits per heavy atom. The Labute approximate surface area is 113 Å². The van der Waals surface area contributed by atoms with Crippen LogP contribution in [-0.2, 0) is 0 Å². The first-order valence-corrected chi connectivity index (χ1v) is 8.86. The molecule has 1 aromatic heterocycles. The predicted octanol–water partition coefficient (Wildman–Crippen LogP) is 1.72. The molecule has 0 aromatic carbocycles. The summed E-state index contributed by atoms with van der Waals surface area (Å²) < 4.78 is 1.28. The van der Waals surface area contributed by atoms with Crippen molar-refractivity contribution in [3.05, 3.63) is 0 Å². The first kappa shape index (κ1) is 13.2. The summed E-state index contributed by atoms with van der Waals surface area (Å²) in [5.41, 5.74) is 0. The van der Waals surface area contributed by atoms with E-state index < -0.39 is 0 Å². The van der Waals surface area contributed by atoms with Crippen molar-refractivity contribution >= 4 is 38.1 Å². The third kappa shape index (κ3) is 4.47. The molecule has 6 heteroatoms. The topological polar surface area (TPSA) is 50.7 Å². The van der Waals surface area contributed by atoms with Gasteiger partial charge in [0.1, 0.15) is 0 Å². The number of anilines is 1. The normalized spacial score (nSPS) is 16.7. The summed E-state index contributed by atoms with van der Waals surface area (Å²) in [5, 5.41) is 4.19. The van der Waals surface area contributed by atoms with Gasteiger partial charge in [0.25, 0.3) is 0 Å². The van der Waals surface area contributed by atoms with E-state index in [-0.39, 0.29) is 15.8 Å². The molecule has 0 saturated heterocycles. The zero-order valence-corrected chi connectivity index (χ0v) is 13.4. The van der Waals surface area contributed by atoms with E-state index in [1.165, 1.54) is 12.8 Å². The van der Waals surface area contributed by atoms with E-state index in [2.05, 4.69) is 41.0 Å². The van der Waals surface area contributed by atoms with Gasteiger partial charge in [-0.15, -0.1) is 0 Å². The Balaban J connectivity index is 2.18. The molecule has 1 aliphatic carbocycles. The molecule has 1 saturated carbocycles. The van der Waals surface area contributed by atoms with Crippen LogP contribution in [0.15, 0.2) is 5.16 Å². The molecule has 4 nitrogen and oxygen atoms in total. The van der Waals surface area contributed by atoms with Gasteiger partial charge < -0.3 is 0 Å². The molecular formula is C11H18AsN4S. The minimum absolute atomic E-state index is 0.0214. The van der Waals surface area contributed by atoms with Crippen molar-refractivity contribution in [1.82, 2.24) is 15.0 Å². The van der Waals surface area contributed by atoms with Gasteiger partial charge in [0.2, 0.25) is 0 Å². The standard InChI is InChI=1S/C11H18AsN4S/c1-11(2,3)12-8-14-9(13-7-5-6-7)16-10(15-8)17-4/h7H,5-6H2,1-4H3,(H,13,14,15,16). The summed E-state index contributed by atoms with van der Waals surface area (Å²) >= 11 is 1.56. The molecule has 1 aliphatic rings. The number of aromatic nitrogens is 3. The van der Waals surface area contributed by atoms with Crippen molar-refractivity contribution in [2.45, 2.75) is 49.0 Å². The molecule has 1 fully saturated rings. The average molecular weight is 313 g/mol. The quantitative estimate of drug-likeness (QED) is 0.677. The summed E-state index contributed by atoms with van der Waals surface area (Å²) in [7, 11) is 0. The second kappa shape index (κ2) is 5.15. The van der Waals surface area contributed by atoms with Gasteiger partial charge in [-0.1, -0.05) is 0 Å². The molecule has 17 heavy (non-hydrogen) atoms. The monoisotopic (exact) mass is 313 g/mol. The molecule has 1 radical (unpaired) electrons. The molecule has 2 rings (SSSR count). The molecule has 1 aromatic rings. The summed E-state index contributed by atoms with van der Waals surface area (Å²) in [6.07, 6.45) is 4.48. The third-order valence-electron chi connectivity index (χ3n) is 2.13. The van der Waals surface area contributed by atoms with E-state index in [1.807, 2.05) is 6.26 Å². The van der Waals surface area contributed by atoms with Crippen molar-refractivity contribution < 1.29 is 0 Å². The van der Waals surface area contributed by atoms with Crippen molar-refractivity contribution in [2.75, 3.05) is 11.6 Å². The number of hydrogen-bond acceptors (Lipinski definition) is 5. The molecule has 1 N–H and O–H groups in total. The predicted molar refractivity (Wildman–Crippen MR) is 73.4 cm³/mol. The van der Waals surface area contributed by atoms with Crippen molar-refractivity contribution in [2.24, 2.45) is 0 Å². The molecule has 0 bridgehead atoms. The van der Waals surface area contributed by atoms with Crippen LogP contribution in [0.25, 0.3) is 0 Å². The summed E-state index contributed by atoms with van der Waals surface area (Å²) in [6, 6.07) is 0.589. The maximum absolute atomic E-state index is 4.54. The van der Waals surface area contributed by atoms with Gasteiger partial charge in [0, 0.05) is 0 Å². The first-order valence-electron chi connectivity index (χ1n) is 5.76. The Hall–Kier alpha value is -0.282. The van der Waals surface area contributed by atoms with Crippen LogP contribution < -0.4 is 9.93 Å². The van der Waals surface area contributed by atoms with E-state index in [1.54, 1.807) is 11.8 Å². The van der Waals surface area contributed by atoms with Crippen LogP contribution in [0.5, 0.6) is 0 Å². The molecule has 0 spiro atoms. The van der Waals surface area contributed by atoms with Crippen LogP contribution in [0.3, 0.4) is 0 Å². The Morgan fingerprint density at radius 3 is 2.47 bits per heavy atom. The summed E-state index contributed by atoms with van der Waals surface area (Å²) in [4.78, 5) is 13.5. The van der Waals surface area contributed by atoms with Crippen molar-refractivity contribution in [1.29, 1.82) is 0 Å². The average Bonchev–Trinajstić information content (AvgIpc) is 2.98. The second-order valence-electron chi connectivity index (χ2n) is 5.15. The fraction of sp³-hybridized carbons (Fsp3) is 0.727. The number of hydrogen-bond donors (Lipinski definition) is 1. The summed E-state index contributed by atoms with van der Waals surface area (Å²) in [6.45, 7) is 6.72.